The Morgan fingerprint density at radius 1 is 1.02 bits per heavy atom. The van der Waals surface area contributed by atoms with Gasteiger partial charge in [-0.2, -0.15) is 5.10 Å². The van der Waals surface area contributed by atoms with Gasteiger partial charge < -0.3 is 10.7 Å². The number of imidazole rings is 1. The van der Waals surface area contributed by atoms with Gasteiger partial charge in [0.2, 0.25) is 15.9 Å². The van der Waals surface area contributed by atoms with Crippen LogP contribution in [0.1, 0.15) is 31.4 Å². The SMILES string of the molecule is CC(C)(CC(N)=O)Cc1cncc(-c2cc3c(-c4nc5c(-c6cc(F)cc(CNS(C)(=O)=O)c6)cccc5[nH]4)n[nH]c3cn2)c1. The Balaban J connectivity index is 1.36. The van der Waals surface area contributed by atoms with Gasteiger partial charge >= 0.3 is 0 Å². The van der Waals surface area contributed by atoms with E-state index in [1.807, 2.05) is 44.2 Å². The van der Waals surface area contributed by atoms with Gasteiger partial charge in [-0.25, -0.2) is 22.5 Å². The van der Waals surface area contributed by atoms with Crippen LogP contribution in [0, 0.1) is 11.2 Å². The molecule has 6 rings (SSSR count). The number of nitrogens with zero attached hydrogens (tertiary/aromatic N) is 4. The van der Waals surface area contributed by atoms with Crippen molar-refractivity contribution in [2.45, 2.75) is 33.2 Å². The maximum Gasteiger partial charge on any atom is 0.217 e. The van der Waals surface area contributed by atoms with Gasteiger partial charge in [-0.05, 0) is 64.9 Å². The van der Waals surface area contributed by atoms with E-state index < -0.39 is 15.8 Å². The zero-order valence-electron chi connectivity index (χ0n) is 24.8. The number of hydrogen-bond donors (Lipinski definition) is 4. The molecule has 45 heavy (non-hydrogen) atoms. The topological polar surface area (TPSA) is 172 Å². The molecule has 0 aliphatic heterocycles. The number of aromatic amines is 2. The van der Waals surface area contributed by atoms with Crippen LogP contribution in [0.2, 0.25) is 0 Å². The van der Waals surface area contributed by atoms with Crippen LogP contribution >= 0.6 is 0 Å². The highest BCUT2D eigenvalue weighted by Gasteiger charge is 2.22. The van der Waals surface area contributed by atoms with Crippen LogP contribution in [0.3, 0.4) is 0 Å². The zero-order chi connectivity index (χ0) is 31.9. The van der Waals surface area contributed by atoms with Crippen molar-refractivity contribution in [1.82, 2.24) is 34.9 Å². The van der Waals surface area contributed by atoms with Crippen molar-refractivity contribution in [1.29, 1.82) is 0 Å². The van der Waals surface area contributed by atoms with Crippen molar-refractivity contribution in [3.8, 4) is 33.9 Å². The van der Waals surface area contributed by atoms with Gasteiger partial charge in [-0.3, -0.25) is 19.9 Å². The summed E-state index contributed by atoms with van der Waals surface area (Å²) in [6.45, 7) is 3.95. The number of carbonyl (C=O) groups excluding carboxylic acids is 1. The summed E-state index contributed by atoms with van der Waals surface area (Å²) >= 11 is 0. The maximum absolute atomic E-state index is 14.6. The fourth-order valence-electron chi connectivity index (χ4n) is 5.57. The number of para-hydroxylation sites is 1. The van der Waals surface area contributed by atoms with Crippen LogP contribution in [0.5, 0.6) is 0 Å². The Labute approximate surface area is 258 Å². The van der Waals surface area contributed by atoms with Crippen molar-refractivity contribution in [2.75, 3.05) is 6.26 Å². The number of benzene rings is 2. The van der Waals surface area contributed by atoms with Crippen LogP contribution in [0.15, 0.2) is 67.1 Å². The van der Waals surface area contributed by atoms with Crippen molar-refractivity contribution in [3.63, 3.8) is 0 Å². The molecule has 5 N–H and O–H groups in total. The molecule has 6 aromatic rings. The molecule has 4 heterocycles. The van der Waals surface area contributed by atoms with Crippen molar-refractivity contribution >= 4 is 37.9 Å². The van der Waals surface area contributed by atoms with Gasteiger partial charge in [-0.1, -0.05) is 26.0 Å². The van der Waals surface area contributed by atoms with E-state index >= 15 is 0 Å². The molecule has 0 saturated carbocycles. The lowest BCUT2D eigenvalue weighted by Gasteiger charge is -2.22. The molecule has 0 unspecified atom stereocenters. The lowest BCUT2D eigenvalue weighted by molar-refractivity contribution is -0.119. The molecule has 0 aliphatic carbocycles. The summed E-state index contributed by atoms with van der Waals surface area (Å²) in [7, 11) is -3.44. The highest BCUT2D eigenvalue weighted by molar-refractivity contribution is 7.88. The number of nitrogens with one attached hydrogen (secondary N) is 3. The molecule has 4 aromatic heterocycles. The number of hydrogen-bond acceptors (Lipinski definition) is 7. The number of nitrogens with two attached hydrogens (primary N) is 1. The highest BCUT2D eigenvalue weighted by atomic mass is 32.2. The van der Waals surface area contributed by atoms with Gasteiger partial charge in [0.25, 0.3) is 0 Å². The molecule has 0 aliphatic rings. The molecule has 230 valence electrons. The van der Waals surface area contributed by atoms with Crippen LogP contribution in [0.4, 0.5) is 4.39 Å². The molecule has 0 radical (unpaired) electrons. The molecule has 0 atom stereocenters. The Morgan fingerprint density at radius 3 is 2.60 bits per heavy atom. The van der Waals surface area contributed by atoms with E-state index in [9.17, 15) is 17.6 Å². The van der Waals surface area contributed by atoms with E-state index in [0.29, 0.717) is 51.4 Å². The first-order valence-electron chi connectivity index (χ1n) is 14.1. The van der Waals surface area contributed by atoms with Gasteiger partial charge in [0.1, 0.15) is 11.5 Å². The number of fused-ring (bicyclic) bond motifs is 2. The first-order chi connectivity index (χ1) is 21.3. The minimum Gasteiger partial charge on any atom is -0.370 e. The summed E-state index contributed by atoms with van der Waals surface area (Å²) < 4.78 is 40.2. The van der Waals surface area contributed by atoms with Crippen LogP contribution in [-0.4, -0.2) is 50.7 Å². The summed E-state index contributed by atoms with van der Waals surface area (Å²) in [5, 5.41) is 8.34. The third kappa shape index (κ3) is 6.74. The summed E-state index contributed by atoms with van der Waals surface area (Å²) in [5.41, 5.74) is 12.0. The van der Waals surface area contributed by atoms with E-state index in [4.69, 9.17) is 10.7 Å². The minimum absolute atomic E-state index is 0.0371. The molecular weight excluding hydrogens is 595 g/mol. The normalized spacial score (nSPS) is 12.3. The Bertz CT molecular complexity index is 2190. The molecule has 1 amide bonds. The van der Waals surface area contributed by atoms with E-state index in [1.165, 1.54) is 12.1 Å². The van der Waals surface area contributed by atoms with Crippen molar-refractivity contribution < 1.29 is 17.6 Å². The number of halogens is 1. The summed E-state index contributed by atoms with van der Waals surface area (Å²) in [6, 6.07) is 13.9. The Hall–Kier alpha value is -5.01. The molecule has 2 aromatic carbocycles. The van der Waals surface area contributed by atoms with Crippen molar-refractivity contribution in [3.05, 3.63) is 84.1 Å². The lowest BCUT2D eigenvalue weighted by atomic mass is 9.82. The number of amides is 1. The molecule has 0 spiro atoms. The van der Waals surface area contributed by atoms with Crippen molar-refractivity contribution in [2.24, 2.45) is 11.1 Å². The first-order valence-corrected chi connectivity index (χ1v) is 16.0. The van der Waals surface area contributed by atoms with E-state index in [1.54, 1.807) is 24.7 Å². The molecule has 13 heteroatoms. The molecule has 0 saturated heterocycles. The number of rotatable bonds is 10. The highest BCUT2D eigenvalue weighted by Crippen LogP contribution is 2.34. The molecule has 0 fully saturated rings. The predicted octanol–water partition coefficient (Wildman–Crippen LogP) is 4.86. The fourth-order valence-corrected chi connectivity index (χ4v) is 5.99. The lowest BCUT2D eigenvalue weighted by Crippen LogP contribution is -2.24. The summed E-state index contributed by atoms with van der Waals surface area (Å²) in [5.74, 6) is -0.320. The third-order valence-corrected chi connectivity index (χ3v) is 8.09. The maximum atomic E-state index is 14.6. The second kappa shape index (κ2) is 11.5. The summed E-state index contributed by atoms with van der Waals surface area (Å²) in [4.78, 5) is 28.7. The third-order valence-electron chi connectivity index (χ3n) is 7.42. The predicted molar refractivity (Wildman–Crippen MR) is 171 cm³/mol. The number of primary amides is 1. The quantitative estimate of drug-likeness (QED) is 0.168. The van der Waals surface area contributed by atoms with E-state index in [2.05, 4.69) is 29.9 Å². The average Bonchev–Trinajstić information content (AvgIpc) is 3.58. The number of carbonyl (C=O) groups is 1. The number of aromatic nitrogens is 6. The number of H-pyrrole nitrogens is 2. The van der Waals surface area contributed by atoms with Crippen LogP contribution < -0.4 is 10.5 Å². The van der Waals surface area contributed by atoms with Gasteiger partial charge in [-0.15, -0.1) is 0 Å². The fraction of sp³-hybridized carbons (Fsp3) is 0.219. The number of pyridine rings is 2. The average molecular weight is 627 g/mol. The zero-order valence-corrected chi connectivity index (χ0v) is 25.7. The smallest absolute Gasteiger partial charge is 0.217 e. The largest absolute Gasteiger partial charge is 0.370 e. The Morgan fingerprint density at radius 2 is 1.82 bits per heavy atom. The first kappa shape index (κ1) is 30.0. The van der Waals surface area contributed by atoms with Gasteiger partial charge in [0, 0.05) is 41.9 Å². The molecular formula is C32H31FN8O3S. The van der Waals surface area contributed by atoms with Gasteiger partial charge in [0.05, 0.1) is 34.7 Å². The summed E-state index contributed by atoms with van der Waals surface area (Å²) in [6.07, 6.45) is 7.17. The van der Waals surface area contributed by atoms with Gasteiger partial charge in [0.15, 0.2) is 5.82 Å². The van der Waals surface area contributed by atoms with Crippen LogP contribution in [0.25, 0.3) is 55.8 Å². The van der Waals surface area contributed by atoms with E-state index in [0.717, 1.165) is 28.3 Å². The van der Waals surface area contributed by atoms with E-state index in [-0.39, 0.29) is 24.3 Å². The second-order valence-corrected chi connectivity index (χ2v) is 13.8. The molecule has 0 bridgehead atoms. The number of sulfonamides is 1. The second-order valence-electron chi connectivity index (χ2n) is 12.0. The minimum atomic E-state index is -3.44. The molecule has 11 nitrogen and oxygen atoms in total. The standard InChI is InChI=1S/C32H31FN8O3S/c1-32(2,13-28(34)42)12-19-8-21(16-35-14-19)26-11-24-27(17-36-26)40-41-30(24)31-38-25-6-4-5-23(29(25)39-31)20-7-18(9-22(33)10-20)15-37-45(3,43)44/h4-11,14,16-17,37H,12-13,15H2,1-3H3,(H2,34,42)(H,38,39)(H,40,41). The van der Waals surface area contributed by atoms with Crippen LogP contribution in [-0.2, 0) is 27.8 Å². The Kier molecular flexibility index (Phi) is 7.67. The monoisotopic (exact) mass is 626 g/mol.